The van der Waals surface area contributed by atoms with Crippen LogP contribution in [0.1, 0.15) is 19.3 Å². The molecule has 0 aromatic carbocycles. The Morgan fingerprint density at radius 1 is 1.42 bits per heavy atom. The van der Waals surface area contributed by atoms with Gasteiger partial charge in [-0.3, -0.25) is 9.59 Å². The third-order valence-electron chi connectivity index (χ3n) is 3.98. The fourth-order valence-electron chi connectivity index (χ4n) is 2.90. The monoisotopic (exact) mass is 271 g/mol. The fourth-order valence-corrected chi connectivity index (χ4v) is 2.90. The van der Waals surface area contributed by atoms with Crippen molar-refractivity contribution in [2.45, 2.75) is 36.9 Å². The first-order chi connectivity index (χ1) is 8.78. The molecule has 0 aromatic heterocycles. The molecule has 106 valence electrons. The highest BCUT2D eigenvalue weighted by Gasteiger charge is 2.67. The lowest BCUT2D eigenvalue weighted by Gasteiger charge is -2.29. The topological polar surface area (TPSA) is 156 Å². The average Bonchev–Trinajstić information content (AvgIpc) is 3.01. The van der Waals surface area contributed by atoms with Gasteiger partial charge in [-0.05, 0) is 18.3 Å². The van der Waals surface area contributed by atoms with Gasteiger partial charge in [-0.15, -0.1) is 0 Å². The second-order valence-electron chi connectivity index (χ2n) is 5.32. The van der Waals surface area contributed by atoms with Crippen LogP contribution in [-0.4, -0.2) is 45.7 Å². The summed E-state index contributed by atoms with van der Waals surface area (Å²) in [5.74, 6) is -3.01. The molecule has 0 bridgehead atoms. The second kappa shape index (κ2) is 4.46. The van der Waals surface area contributed by atoms with Crippen LogP contribution in [-0.2, 0) is 14.4 Å². The van der Waals surface area contributed by atoms with Crippen LogP contribution in [0.2, 0.25) is 0 Å². The fraction of sp³-hybridized carbons (Fsp3) is 0.727. The minimum atomic E-state index is -1.48. The molecule has 0 heterocycles. The number of hydrogen-bond acceptors (Lipinski definition) is 5. The zero-order valence-corrected chi connectivity index (χ0v) is 10.2. The van der Waals surface area contributed by atoms with Gasteiger partial charge in [-0.2, -0.15) is 0 Å². The predicted octanol–water partition coefficient (Wildman–Crippen LogP) is -2.47. The van der Waals surface area contributed by atoms with E-state index in [4.69, 9.17) is 11.5 Å². The number of carboxylic acids is 1. The lowest BCUT2D eigenvalue weighted by Crippen LogP contribution is -2.59. The zero-order chi connectivity index (χ0) is 14.4. The van der Waals surface area contributed by atoms with E-state index in [1.807, 2.05) is 0 Å². The van der Waals surface area contributed by atoms with E-state index in [1.165, 1.54) is 0 Å². The van der Waals surface area contributed by atoms with Crippen LogP contribution in [0.5, 0.6) is 0 Å². The van der Waals surface area contributed by atoms with E-state index in [1.54, 1.807) is 0 Å². The summed E-state index contributed by atoms with van der Waals surface area (Å²) in [6.07, 6.45) is -0.544. The summed E-state index contributed by atoms with van der Waals surface area (Å²) in [4.78, 5) is 33.9. The molecule has 2 rings (SSSR count). The number of fused-ring (bicyclic) bond motifs is 1. The third kappa shape index (κ3) is 2.28. The zero-order valence-electron chi connectivity index (χ0n) is 10.2. The van der Waals surface area contributed by atoms with Crippen molar-refractivity contribution in [1.82, 2.24) is 5.32 Å². The Kier molecular flexibility index (Phi) is 3.23. The van der Waals surface area contributed by atoms with Gasteiger partial charge in [0.15, 0.2) is 0 Å². The number of nitrogens with two attached hydrogens (primary N) is 2. The Balaban J connectivity index is 2.09. The van der Waals surface area contributed by atoms with Gasteiger partial charge in [0, 0.05) is 6.42 Å². The first-order valence-corrected chi connectivity index (χ1v) is 6.05. The van der Waals surface area contributed by atoms with Gasteiger partial charge in [0.25, 0.3) is 0 Å². The highest BCUT2D eigenvalue weighted by atomic mass is 16.4. The summed E-state index contributed by atoms with van der Waals surface area (Å²) in [5.41, 5.74) is 8.94. The van der Waals surface area contributed by atoms with Crippen molar-refractivity contribution in [3.8, 4) is 0 Å². The standard InChI is InChI=1S/C11H17N3O5/c12-6(2-8(13)16)9(17)14-11(10(18)19)3-7(15)4-1-5(4)11/h4-7,15H,1-3,12H2,(H2,13,16)(H,14,17)(H,18,19)/t4-,5+,6-,7-,11-/m0/s1. The van der Waals surface area contributed by atoms with E-state index >= 15 is 0 Å². The van der Waals surface area contributed by atoms with Gasteiger partial charge < -0.3 is 27.0 Å². The minimum Gasteiger partial charge on any atom is -0.479 e. The van der Waals surface area contributed by atoms with Crippen LogP contribution in [0.4, 0.5) is 0 Å². The van der Waals surface area contributed by atoms with Crippen molar-refractivity contribution in [2.24, 2.45) is 23.3 Å². The number of rotatable bonds is 5. The number of aliphatic carboxylic acids is 1. The van der Waals surface area contributed by atoms with Gasteiger partial charge in [-0.1, -0.05) is 0 Å². The Bertz CT molecular complexity index is 440. The predicted molar refractivity (Wildman–Crippen MR) is 62.5 cm³/mol. The normalized spacial score (nSPS) is 37.3. The Morgan fingerprint density at radius 2 is 2.05 bits per heavy atom. The summed E-state index contributed by atoms with van der Waals surface area (Å²) in [6, 6.07) is -1.18. The SMILES string of the molecule is NC(=O)C[C@H](N)C(=O)N[C@@]1(C(=O)O)C[C@H](O)[C@H]2C[C@H]21. The second-order valence-corrected chi connectivity index (χ2v) is 5.32. The van der Waals surface area contributed by atoms with E-state index in [0.717, 1.165) is 0 Å². The summed E-state index contributed by atoms with van der Waals surface area (Å²) in [7, 11) is 0. The molecule has 8 heteroatoms. The van der Waals surface area contributed by atoms with Crippen molar-refractivity contribution >= 4 is 17.8 Å². The van der Waals surface area contributed by atoms with Crippen LogP contribution >= 0.6 is 0 Å². The van der Waals surface area contributed by atoms with E-state index in [0.29, 0.717) is 6.42 Å². The molecule has 7 N–H and O–H groups in total. The van der Waals surface area contributed by atoms with E-state index in [-0.39, 0.29) is 24.7 Å². The van der Waals surface area contributed by atoms with Crippen LogP contribution in [0.25, 0.3) is 0 Å². The molecular formula is C11H17N3O5. The van der Waals surface area contributed by atoms with Gasteiger partial charge in [-0.25, -0.2) is 4.79 Å². The van der Waals surface area contributed by atoms with Gasteiger partial charge in [0.2, 0.25) is 11.8 Å². The van der Waals surface area contributed by atoms with Crippen molar-refractivity contribution in [2.75, 3.05) is 0 Å². The first-order valence-electron chi connectivity index (χ1n) is 6.05. The van der Waals surface area contributed by atoms with Gasteiger partial charge in [0.05, 0.1) is 18.6 Å². The molecule has 2 fully saturated rings. The molecule has 2 saturated carbocycles. The highest BCUT2D eigenvalue weighted by Crippen LogP contribution is 2.57. The Morgan fingerprint density at radius 3 is 2.42 bits per heavy atom. The number of carbonyl (C=O) groups is 3. The third-order valence-corrected chi connectivity index (χ3v) is 3.98. The molecule has 19 heavy (non-hydrogen) atoms. The minimum absolute atomic E-state index is 0.0350. The van der Waals surface area contributed by atoms with Crippen LogP contribution in [0.3, 0.4) is 0 Å². The number of carboxylic acid groups (broad SMARTS) is 1. The Labute approximate surface area is 109 Å². The summed E-state index contributed by atoms with van der Waals surface area (Å²) < 4.78 is 0. The molecule has 0 spiro atoms. The maximum absolute atomic E-state index is 11.8. The highest BCUT2D eigenvalue weighted by molar-refractivity contribution is 5.93. The van der Waals surface area contributed by atoms with Crippen molar-refractivity contribution in [3.63, 3.8) is 0 Å². The molecule has 0 unspecified atom stereocenters. The van der Waals surface area contributed by atoms with Crippen molar-refractivity contribution in [3.05, 3.63) is 0 Å². The largest absolute Gasteiger partial charge is 0.479 e. The number of amides is 2. The van der Waals surface area contributed by atoms with E-state index in [2.05, 4.69) is 5.32 Å². The van der Waals surface area contributed by atoms with Crippen molar-refractivity contribution in [1.29, 1.82) is 0 Å². The molecule has 0 radical (unpaired) electrons. The quantitative estimate of drug-likeness (QED) is 0.373. The number of primary amides is 1. The summed E-state index contributed by atoms with van der Waals surface area (Å²) >= 11 is 0. The van der Waals surface area contributed by atoms with Crippen molar-refractivity contribution < 1.29 is 24.6 Å². The first kappa shape index (κ1) is 13.8. The number of aliphatic hydroxyl groups is 1. The smallest absolute Gasteiger partial charge is 0.329 e. The Hall–Kier alpha value is -1.67. The maximum atomic E-state index is 11.8. The summed E-state index contributed by atoms with van der Waals surface area (Å²) in [6.45, 7) is 0. The van der Waals surface area contributed by atoms with E-state index < -0.39 is 35.5 Å². The summed E-state index contributed by atoms with van der Waals surface area (Å²) in [5, 5.41) is 21.4. The molecule has 8 nitrogen and oxygen atoms in total. The molecule has 2 aliphatic rings. The molecule has 5 atom stereocenters. The number of hydrogen-bond donors (Lipinski definition) is 5. The van der Waals surface area contributed by atoms with Gasteiger partial charge in [0.1, 0.15) is 5.54 Å². The number of carbonyl (C=O) groups excluding carboxylic acids is 2. The van der Waals surface area contributed by atoms with Crippen LogP contribution < -0.4 is 16.8 Å². The average molecular weight is 271 g/mol. The molecule has 0 saturated heterocycles. The van der Waals surface area contributed by atoms with Crippen LogP contribution in [0, 0.1) is 11.8 Å². The number of nitrogens with one attached hydrogen (secondary N) is 1. The van der Waals surface area contributed by atoms with Crippen LogP contribution in [0.15, 0.2) is 0 Å². The van der Waals surface area contributed by atoms with Gasteiger partial charge >= 0.3 is 5.97 Å². The molecular weight excluding hydrogens is 254 g/mol. The van der Waals surface area contributed by atoms with E-state index in [9.17, 15) is 24.6 Å². The number of aliphatic hydroxyl groups excluding tert-OH is 1. The molecule has 0 aliphatic heterocycles. The molecule has 2 amide bonds. The molecule has 2 aliphatic carbocycles. The molecule has 0 aromatic rings. The maximum Gasteiger partial charge on any atom is 0.329 e. The lowest BCUT2D eigenvalue weighted by molar-refractivity contribution is -0.149. The lowest BCUT2D eigenvalue weighted by atomic mass is 9.91.